The molecular weight excluding hydrogens is 689 g/mol. The van der Waals surface area contributed by atoms with Gasteiger partial charge >= 0.3 is 0 Å². The smallest absolute Gasteiger partial charge is 0.193 e. The fourth-order valence-corrected chi connectivity index (χ4v) is 17.4. The standard InChI is InChI=1S/C45H78OP2.2ClH/c1-7-13-19-33-47(34-20-14-8-2,35-21-15-9-3)39-41-25-29-43(30-26-41)45(46)44-31-27-42(28-32-44)40-48(36-22-16-10-4,37-23-17-11-5)38-24-18-12-6;;/h25-32H,7-24,33-40H2,1-6H3;2*1H/q+2;;/p-2. The van der Waals surface area contributed by atoms with E-state index in [2.05, 4.69) is 90.1 Å². The van der Waals surface area contributed by atoms with Crippen LogP contribution in [0, 0.1) is 0 Å². The first kappa shape index (κ1) is 49.6. The molecule has 0 aliphatic rings. The molecule has 2 aromatic rings. The summed E-state index contributed by atoms with van der Waals surface area (Å²) < 4.78 is 0. The van der Waals surface area contributed by atoms with Crippen LogP contribution >= 0.6 is 14.5 Å². The molecule has 0 bridgehead atoms. The summed E-state index contributed by atoms with van der Waals surface area (Å²) >= 11 is 0. The van der Waals surface area contributed by atoms with E-state index in [9.17, 15) is 4.79 Å². The van der Waals surface area contributed by atoms with Gasteiger partial charge in [0.25, 0.3) is 0 Å². The van der Waals surface area contributed by atoms with Crippen LogP contribution in [0.2, 0.25) is 0 Å². The fourth-order valence-electron chi connectivity index (χ4n) is 7.79. The van der Waals surface area contributed by atoms with E-state index in [1.54, 1.807) is 0 Å². The van der Waals surface area contributed by atoms with Crippen molar-refractivity contribution in [1.29, 1.82) is 0 Å². The van der Waals surface area contributed by atoms with Gasteiger partial charge in [-0.2, -0.15) is 0 Å². The van der Waals surface area contributed by atoms with Crippen LogP contribution in [0.5, 0.6) is 0 Å². The number of ketones is 1. The van der Waals surface area contributed by atoms with Crippen molar-refractivity contribution in [3.63, 3.8) is 0 Å². The number of benzene rings is 2. The normalized spacial score (nSPS) is 11.6. The number of rotatable bonds is 30. The average molecular weight is 768 g/mol. The van der Waals surface area contributed by atoms with Crippen molar-refractivity contribution in [2.24, 2.45) is 0 Å². The van der Waals surface area contributed by atoms with Gasteiger partial charge in [0.05, 0.1) is 49.3 Å². The minimum Gasteiger partial charge on any atom is -1.00 e. The summed E-state index contributed by atoms with van der Waals surface area (Å²) in [5, 5.41) is 0. The van der Waals surface area contributed by atoms with E-state index in [0.29, 0.717) is 0 Å². The Hall–Kier alpha value is -0.450. The summed E-state index contributed by atoms with van der Waals surface area (Å²) in [5.74, 6) is 0.179. The molecule has 0 saturated heterocycles. The molecule has 5 heteroatoms. The first-order chi connectivity index (χ1) is 23.4. The van der Waals surface area contributed by atoms with E-state index in [-0.39, 0.29) is 30.6 Å². The minimum absolute atomic E-state index is 0. The SMILES string of the molecule is CCCCC[P+](CCCCC)(CCCCC)Cc1ccc(C(=O)c2ccc(C[P+](CCCCC)(CCCCC)CCCCC)cc2)cc1.[Cl-].[Cl-]. The highest BCUT2D eigenvalue weighted by Gasteiger charge is 2.37. The number of hydrogen-bond donors (Lipinski definition) is 0. The van der Waals surface area contributed by atoms with Crippen LogP contribution in [0.3, 0.4) is 0 Å². The van der Waals surface area contributed by atoms with Gasteiger partial charge in [0.15, 0.2) is 5.78 Å². The monoisotopic (exact) mass is 766 g/mol. The maximum Gasteiger partial charge on any atom is 0.193 e. The lowest BCUT2D eigenvalue weighted by Crippen LogP contribution is -3.00. The fraction of sp³-hybridized carbons (Fsp3) is 0.711. The third-order valence-electron chi connectivity index (χ3n) is 10.9. The van der Waals surface area contributed by atoms with Gasteiger partial charge in [-0.05, 0) is 49.7 Å². The van der Waals surface area contributed by atoms with E-state index in [1.807, 2.05) is 0 Å². The maximum atomic E-state index is 13.7. The Morgan fingerprint density at radius 3 is 0.800 bits per heavy atom. The number of carbonyl (C=O) groups excluding carboxylic acids is 1. The zero-order valence-corrected chi connectivity index (χ0v) is 36.9. The molecule has 0 aliphatic heterocycles. The summed E-state index contributed by atoms with van der Waals surface area (Å²) in [6.07, 6.45) is 35.7. The molecule has 0 heterocycles. The molecule has 0 aliphatic carbocycles. The molecule has 0 spiro atoms. The third-order valence-corrected chi connectivity index (χ3v) is 20.5. The highest BCUT2D eigenvalue weighted by atomic mass is 35.5. The molecule has 0 amide bonds. The second-order valence-electron chi connectivity index (χ2n) is 15.3. The molecule has 0 radical (unpaired) electrons. The van der Waals surface area contributed by atoms with Crippen LogP contribution in [0.15, 0.2) is 48.5 Å². The molecule has 0 aromatic heterocycles. The maximum absolute atomic E-state index is 13.7. The van der Waals surface area contributed by atoms with Crippen molar-refractivity contribution in [2.75, 3.05) is 37.0 Å². The number of hydrogen-bond acceptors (Lipinski definition) is 1. The Bertz CT molecular complexity index is 947. The number of halogens is 2. The zero-order valence-electron chi connectivity index (χ0n) is 33.6. The first-order valence-corrected chi connectivity index (χ1v) is 25.9. The molecule has 2 rings (SSSR count). The van der Waals surface area contributed by atoms with E-state index < -0.39 is 14.5 Å². The summed E-state index contributed by atoms with van der Waals surface area (Å²) in [6.45, 7) is 14.0. The predicted molar refractivity (Wildman–Crippen MR) is 224 cm³/mol. The zero-order chi connectivity index (χ0) is 34.9. The van der Waals surface area contributed by atoms with Crippen molar-refractivity contribution >= 4 is 20.3 Å². The Morgan fingerprint density at radius 1 is 0.380 bits per heavy atom. The van der Waals surface area contributed by atoms with E-state index in [1.165, 1.54) is 176 Å². The molecule has 2 aromatic carbocycles. The second-order valence-corrected chi connectivity index (χ2v) is 24.0. The van der Waals surface area contributed by atoms with Gasteiger partial charge in [0.1, 0.15) is 0 Å². The quantitative estimate of drug-likeness (QED) is 0.0441. The van der Waals surface area contributed by atoms with Gasteiger partial charge in [0.2, 0.25) is 0 Å². The van der Waals surface area contributed by atoms with E-state index >= 15 is 0 Å². The van der Waals surface area contributed by atoms with E-state index in [0.717, 1.165) is 11.1 Å². The lowest BCUT2D eigenvalue weighted by Gasteiger charge is -2.28. The minimum atomic E-state index is -1.04. The third kappa shape index (κ3) is 19.0. The summed E-state index contributed by atoms with van der Waals surface area (Å²) in [6, 6.07) is 17.8. The van der Waals surface area contributed by atoms with Crippen LogP contribution in [-0.2, 0) is 12.3 Å². The molecule has 288 valence electrons. The van der Waals surface area contributed by atoms with Gasteiger partial charge in [-0.1, -0.05) is 167 Å². The second kappa shape index (κ2) is 29.9. The van der Waals surface area contributed by atoms with Gasteiger partial charge in [-0.15, -0.1) is 0 Å². The van der Waals surface area contributed by atoms with Gasteiger partial charge < -0.3 is 24.8 Å². The number of unbranched alkanes of at least 4 members (excludes halogenated alkanes) is 12. The van der Waals surface area contributed by atoms with Crippen LogP contribution in [0.25, 0.3) is 0 Å². The van der Waals surface area contributed by atoms with E-state index in [4.69, 9.17) is 0 Å². The predicted octanol–water partition coefficient (Wildman–Crippen LogP) is 9.10. The summed E-state index contributed by atoms with van der Waals surface area (Å²) in [4.78, 5) is 13.7. The largest absolute Gasteiger partial charge is 1.00 e. The Morgan fingerprint density at radius 2 is 0.600 bits per heavy atom. The molecule has 0 N–H and O–H groups in total. The number of carbonyl (C=O) groups is 1. The van der Waals surface area contributed by atoms with Crippen molar-refractivity contribution in [2.45, 2.75) is 169 Å². The van der Waals surface area contributed by atoms with Crippen LogP contribution in [-0.4, -0.2) is 42.8 Å². The van der Waals surface area contributed by atoms with Crippen LogP contribution in [0.4, 0.5) is 0 Å². The molecule has 50 heavy (non-hydrogen) atoms. The molecule has 0 fully saturated rings. The highest BCUT2D eigenvalue weighted by Crippen LogP contribution is 2.64. The van der Waals surface area contributed by atoms with Gasteiger partial charge in [-0.3, -0.25) is 4.79 Å². The van der Waals surface area contributed by atoms with Crippen molar-refractivity contribution in [1.82, 2.24) is 0 Å². The topological polar surface area (TPSA) is 17.1 Å². The Labute approximate surface area is 325 Å². The molecule has 0 saturated carbocycles. The lowest BCUT2D eigenvalue weighted by atomic mass is 10.0. The Balaban J connectivity index is 0.0000120. The highest BCUT2D eigenvalue weighted by molar-refractivity contribution is 7.75. The molecule has 0 atom stereocenters. The van der Waals surface area contributed by atoms with Crippen molar-refractivity contribution < 1.29 is 29.6 Å². The first-order valence-electron chi connectivity index (χ1n) is 20.8. The summed E-state index contributed by atoms with van der Waals surface area (Å²) in [5.41, 5.74) is 4.63. The molecule has 0 unspecified atom stereocenters. The lowest BCUT2D eigenvalue weighted by molar-refractivity contribution is -0.001000. The van der Waals surface area contributed by atoms with Crippen molar-refractivity contribution in [3.05, 3.63) is 70.8 Å². The van der Waals surface area contributed by atoms with Gasteiger partial charge in [-0.25, -0.2) is 0 Å². The van der Waals surface area contributed by atoms with Crippen molar-refractivity contribution in [3.8, 4) is 0 Å². The summed E-state index contributed by atoms with van der Waals surface area (Å²) in [7, 11) is -2.07. The molecular formula is C45H78Cl2OP2. The van der Waals surface area contributed by atoms with Gasteiger partial charge in [0, 0.05) is 25.7 Å². The Kier molecular flexibility index (Phi) is 29.7. The average Bonchev–Trinajstić information content (AvgIpc) is 3.09. The van der Waals surface area contributed by atoms with Crippen LogP contribution in [0.1, 0.15) is 184 Å². The molecule has 1 nitrogen and oxygen atoms in total. The van der Waals surface area contributed by atoms with Crippen LogP contribution < -0.4 is 24.8 Å².